The molecule has 0 aliphatic carbocycles. The van der Waals surface area contributed by atoms with Gasteiger partial charge < -0.3 is 0 Å². The summed E-state index contributed by atoms with van der Waals surface area (Å²) in [5.41, 5.74) is 8.43. The van der Waals surface area contributed by atoms with E-state index in [0.29, 0.717) is 11.9 Å². The second-order valence-electron chi connectivity index (χ2n) is 15.9. The second kappa shape index (κ2) is 15.0. The van der Waals surface area contributed by atoms with Gasteiger partial charge in [0, 0.05) is 57.5 Å². The molecule has 0 saturated heterocycles. The van der Waals surface area contributed by atoms with Crippen molar-refractivity contribution in [2.75, 3.05) is 0 Å². The Kier molecular flexibility index (Phi) is 8.72. The molecular formula is C56H38N6Si. The lowest BCUT2D eigenvalue weighted by Crippen LogP contribution is -2.74. The van der Waals surface area contributed by atoms with Gasteiger partial charge in [-0.15, -0.1) is 0 Å². The Morgan fingerprint density at radius 3 is 0.841 bits per heavy atom. The highest BCUT2D eigenvalue weighted by Crippen LogP contribution is 2.32. The second-order valence-corrected chi connectivity index (χ2v) is 19.7. The molecule has 0 radical (unpaired) electrons. The summed E-state index contributed by atoms with van der Waals surface area (Å²) in [4.78, 5) is 19.7. The normalized spacial score (nSPS) is 11.8. The van der Waals surface area contributed by atoms with Gasteiger partial charge in [-0.2, -0.15) is 0 Å². The van der Waals surface area contributed by atoms with Crippen LogP contribution in [0.25, 0.3) is 77.8 Å². The first-order valence-electron chi connectivity index (χ1n) is 21.2. The van der Waals surface area contributed by atoms with Crippen molar-refractivity contribution in [3.05, 3.63) is 231 Å². The smallest absolute Gasteiger partial charge is 0.234 e. The summed E-state index contributed by atoms with van der Waals surface area (Å²) in [6.45, 7) is 0. The van der Waals surface area contributed by atoms with Crippen molar-refractivity contribution in [1.29, 1.82) is 0 Å². The largest absolute Gasteiger partial charge is 0.278 e. The summed E-state index contributed by atoms with van der Waals surface area (Å²) in [7, 11) is -2.81. The molecule has 0 atom stereocenters. The minimum atomic E-state index is -2.81. The van der Waals surface area contributed by atoms with Crippen LogP contribution in [0.1, 0.15) is 0 Å². The SMILES string of the molecule is c1ccc([Si](c2ccccc2)(c2ccc(-c3cnc(-n4c5ccccc5c5ccccc54)nc3)cc2)c2ccc(-c3cnc(-n4c5ccccc5c5ccccc54)nc3)cc2)cc1. The van der Waals surface area contributed by atoms with E-state index in [1.54, 1.807) is 0 Å². The van der Waals surface area contributed by atoms with Crippen LogP contribution in [0.2, 0.25) is 0 Å². The van der Waals surface area contributed by atoms with E-state index in [1.165, 1.54) is 42.3 Å². The molecule has 0 N–H and O–H groups in total. The van der Waals surface area contributed by atoms with Gasteiger partial charge in [0.15, 0.2) is 8.07 Å². The van der Waals surface area contributed by atoms with Gasteiger partial charge >= 0.3 is 0 Å². The predicted molar refractivity (Wildman–Crippen MR) is 261 cm³/mol. The third-order valence-electron chi connectivity index (χ3n) is 12.6. The van der Waals surface area contributed by atoms with Crippen molar-refractivity contribution in [3.8, 4) is 34.2 Å². The average molecular weight is 823 g/mol. The summed E-state index contributed by atoms with van der Waals surface area (Å²) >= 11 is 0. The maximum Gasteiger partial charge on any atom is 0.234 e. The Morgan fingerprint density at radius 2 is 0.524 bits per heavy atom. The van der Waals surface area contributed by atoms with E-state index in [9.17, 15) is 0 Å². The van der Waals surface area contributed by atoms with Gasteiger partial charge in [-0.1, -0.05) is 182 Å². The van der Waals surface area contributed by atoms with Crippen LogP contribution in [0, 0.1) is 0 Å². The molecule has 63 heavy (non-hydrogen) atoms. The molecule has 0 fully saturated rings. The lowest BCUT2D eigenvalue weighted by atomic mass is 10.1. The monoisotopic (exact) mass is 822 g/mol. The van der Waals surface area contributed by atoms with Crippen LogP contribution < -0.4 is 20.7 Å². The van der Waals surface area contributed by atoms with Crippen molar-refractivity contribution in [1.82, 2.24) is 29.1 Å². The lowest BCUT2D eigenvalue weighted by molar-refractivity contribution is 0.990. The molecule has 0 amide bonds. The van der Waals surface area contributed by atoms with E-state index in [4.69, 9.17) is 19.9 Å². The van der Waals surface area contributed by atoms with Crippen molar-refractivity contribution in [3.63, 3.8) is 0 Å². The first kappa shape index (κ1) is 36.6. The molecule has 4 aromatic heterocycles. The zero-order valence-corrected chi connectivity index (χ0v) is 35.1. The molecule has 6 nitrogen and oxygen atoms in total. The molecule has 0 bridgehead atoms. The quantitative estimate of drug-likeness (QED) is 0.113. The predicted octanol–water partition coefficient (Wildman–Crippen LogP) is 10.2. The van der Waals surface area contributed by atoms with Gasteiger partial charge in [-0.3, -0.25) is 9.13 Å². The Hall–Kier alpha value is -8.26. The van der Waals surface area contributed by atoms with Gasteiger partial charge in [0.05, 0.1) is 22.1 Å². The average Bonchev–Trinajstić information content (AvgIpc) is 3.89. The number of rotatable bonds is 8. The van der Waals surface area contributed by atoms with E-state index < -0.39 is 8.07 Å². The molecule has 4 heterocycles. The van der Waals surface area contributed by atoms with Gasteiger partial charge in [-0.05, 0) is 56.1 Å². The van der Waals surface area contributed by atoms with E-state index in [2.05, 4.69) is 215 Å². The van der Waals surface area contributed by atoms with Crippen molar-refractivity contribution < 1.29 is 0 Å². The molecule has 0 saturated carbocycles. The van der Waals surface area contributed by atoms with Gasteiger partial charge in [0.25, 0.3) is 0 Å². The van der Waals surface area contributed by atoms with Crippen molar-refractivity contribution in [2.24, 2.45) is 0 Å². The molecule has 7 heteroatoms. The minimum Gasteiger partial charge on any atom is -0.278 e. The topological polar surface area (TPSA) is 61.4 Å². The molecule has 0 unspecified atom stereocenters. The fourth-order valence-electron chi connectivity index (χ4n) is 9.65. The summed E-state index contributed by atoms with van der Waals surface area (Å²) in [6.07, 6.45) is 7.77. The van der Waals surface area contributed by atoms with Crippen molar-refractivity contribution >= 4 is 72.4 Å². The number of hydrogen-bond acceptors (Lipinski definition) is 4. The molecule has 0 aliphatic rings. The Balaban J connectivity index is 0.916. The number of nitrogens with zero attached hydrogens (tertiary/aromatic N) is 6. The highest BCUT2D eigenvalue weighted by molar-refractivity contribution is 7.19. The first-order valence-corrected chi connectivity index (χ1v) is 23.2. The van der Waals surface area contributed by atoms with Gasteiger partial charge in [-0.25, -0.2) is 19.9 Å². The molecular weight excluding hydrogens is 785 g/mol. The number of para-hydroxylation sites is 4. The van der Waals surface area contributed by atoms with Gasteiger partial charge in [0.2, 0.25) is 11.9 Å². The summed E-state index contributed by atoms with van der Waals surface area (Å²) in [5.74, 6) is 1.31. The Labute approximate surface area is 365 Å². The van der Waals surface area contributed by atoms with E-state index in [0.717, 1.165) is 44.3 Å². The fraction of sp³-hybridized carbons (Fsp3) is 0. The first-order chi connectivity index (χ1) is 31.3. The Morgan fingerprint density at radius 1 is 0.254 bits per heavy atom. The summed E-state index contributed by atoms with van der Waals surface area (Å²) in [6, 6.07) is 74.0. The zero-order chi connectivity index (χ0) is 41.7. The molecule has 296 valence electrons. The minimum absolute atomic E-state index is 0.654. The van der Waals surface area contributed by atoms with Crippen LogP contribution in [0.15, 0.2) is 231 Å². The van der Waals surface area contributed by atoms with E-state index in [-0.39, 0.29) is 0 Å². The zero-order valence-electron chi connectivity index (χ0n) is 34.1. The summed E-state index contributed by atoms with van der Waals surface area (Å²) < 4.78 is 4.30. The highest BCUT2D eigenvalue weighted by Gasteiger charge is 2.41. The van der Waals surface area contributed by atoms with Crippen molar-refractivity contribution in [2.45, 2.75) is 0 Å². The van der Waals surface area contributed by atoms with Crippen LogP contribution in [-0.2, 0) is 0 Å². The molecule has 0 spiro atoms. The Bertz CT molecular complexity index is 3230. The van der Waals surface area contributed by atoms with Crippen LogP contribution in [-0.4, -0.2) is 37.1 Å². The van der Waals surface area contributed by atoms with Crippen LogP contribution in [0.3, 0.4) is 0 Å². The highest BCUT2D eigenvalue weighted by atomic mass is 28.3. The molecule has 12 aromatic rings. The fourth-order valence-corrected chi connectivity index (χ4v) is 14.4. The van der Waals surface area contributed by atoms with Gasteiger partial charge in [0.1, 0.15) is 0 Å². The number of aromatic nitrogens is 6. The third kappa shape index (κ3) is 5.93. The van der Waals surface area contributed by atoms with Crippen LogP contribution >= 0.6 is 0 Å². The maximum absolute atomic E-state index is 4.94. The number of benzene rings is 8. The number of hydrogen-bond donors (Lipinski definition) is 0. The van der Waals surface area contributed by atoms with Crippen LogP contribution in [0.4, 0.5) is 0 Å². The van der Waals surface area contributed by atoms with Crippen LogP contribution in [0.5, 0.6) is 0 Å². The third-order valence-corrected chi connectivity index (χ3v) is 17.4. The maximum atomic E-state index is 4.94. The molecule has 12 rings (SSSR count). The molecule has 8 aromatic carbocycles. The lowest BCUT2D eigenvalue weighted by Gasteiger charge is -2.34. The molecule has 0 aliphatic heterocycles. The van der Waals surface area contributed by atoms with E-state index in [1.807, 2.05) is 24.8 Å². The summed E-state index contributed by atoms with van der Waals surface area (Å²) in [5, 5.41) is 9.97. The standard InChI is InChI=1S/C56H38N6Si/c1-3-15-43(16-4-1)63(44-17-5-2-6-18-44,45-31-27-39(28-32-45)41-35-57-55(58-36-41)61-51-23-11-7-19-47(51)48-20-8-12-24-52(48)61)46-33-29-40(30-34-46)42-37-59-56(60-38-42)62-53-25-13-9-21-49(53)50-22-10-14-26-54(50)62/h1-38H. The van der Waals surface area contributed by atoms with E-state index >= 15 is 0 Å². The number of fused-ring (bicyclic) bond motifs is 6.